The largest absolute Gasteiger partial charge is 0.508 e. The summed E-state index contributed by atoms with van der Waals surface area (Å²) in [6, 6.07) is 11.8. The van der Waals surface area contributed by atoms with E-state index in [1.165, 1.54) is 0 Å². The number of benzene rings is 2. The minimum Gasteiger partial charge on any atom is -0.508 e. The van der Waals surface area contributed by atoms with Crippen LogP contribution in [0.2, 0.25) is 0 Å². The minimum atomic E-state index is -3.52. The van der Waals surface area contributed by atoms with Crippen LogP contribution in [0, 0.1) is 6.92 Å². The zero-order valence-electron chi connectivity index (χ0n) is 13.2. The average molecular weight is 335 g/mol. The van der Waals surface area contributed by atoms with Crippen molar-refractivity contribution in [1.29, 1.82) is 0 Å². The van der Waals surface area contributed by atoms with Gasteiger partial charge in [-0.3, -0.25) is 0 Å². The second-order valence-corrected chi connectivity index (χ2v) is 7.03. The maximum absolute atomic E-state index is 12.3. The van der Waals surface area contributed by atoms with Crippen LogP contribution in [0.3, 0.4) is 0 Å². The van der Waals surface area contributed by atoms with Crippen molar-refractivity contribution in [2.75, 3.05) is 13.7 Å². The number of ether oxygens (including phenoxy) is 1. The second-order valence-electron chi connectivity index (χ2n) is 5.30. The molecule has 6 heteroatoms. The Hall–Kier alpha value is -2.05. The fraction of sp³-hybridized carbons (Fsp3) is 0.294. The van der Waals surface area contributed by atoms with E-state index in [1.807, 2.05) is 12.1 Å². The Morgan fingerprint density at radius 1 is 1.13 bits per heavy atom. The van der Waals surface area contributed by atoms with E-state index in [2.05, 4.69) is 4.72 Å². The van der Waals surface area contributed by atoms with Gasteiger partial charge in [-0.25, -0.2) is 13.1 Å². The summed E-state index contributed by atoms with van der Waals surface area (Å²) in [5.74, 6) is 0.859. The minimum absolute atomic E-state index is 0.226. The van der Waals surface area contributed by atoms with E-state index in [0.29, 0.717) is 24.3 Å². The van der Waals surface area contributed by atoms with Crippen LogP contribution in [0.15, 0.2) is 47.4 Å². The SMILES string of the molecule is COc1ccc(S(=O)(=O)NCCCc2ccc(O)cc2)c(C)c1. The first kappa shape index (κ1) is 17.3. The smallest absolute Gasteiger partial charge is 0.240 e. The van der Waals surface area contributed by atoms with Gasteiger partial charge in [0.25, 0.3) is 0 Å². The molecule has 0 saturated heterocycles. The van der Waals surface area contributed by atoms with E-state index in [0.717, 1.165) is 12.0 Å². The molecule has 2 aromatic rings. The number of aromatic hydroxyl groups is 1. The van der Waals surface area contributed by atoms with Crippen molar-refractivity contribution in [3.05, 3.63) is 53.6 Å². The predicted molar refractivity (Wildman–Crippen MR) is 89.3 cm³/mol. The van der Waals surface area contributed by atoms with E-state index in [-0.39, 0.29) is 10.6 Å². The first-order chi connectivity index (χ1) is 10.9. The highest BCUT2D eigenvalue weighted by atomic mass is 32.2. The lowest BCUT2D eigenvalue weighted by molar-refractivity contribution is 0.414. The summed E-state index contributed by atoms with van der Waals surface area (Å²) in [6.07, 6.45) is 1.42. The van der Waals surface area contributed by atoms with Crippen LogP contribution in [-0.4, -0.2) is 27.2 Å². The van der Waals surface area contributed by atoms with Crippen molar-refractivity contribution in [2.45, 2.75) is 24.7 Å². The van der Waals surface area contributed by atoms with E-state index in [4.69, 9.17) is 4.74 Å². The summed E-state index contributed by atoms with van der Waals surface area (Å²) in [7, 11) is -1.98. The van der Waals surface area contributed by atoms with Gasteiger partial charge in [0, 0.05) is 6.54 Å². The lowest BCUT2D eigenvalue weighted by Gasteiger charge is -2.10. The summed E-state index contributed by atoms with van der Waals surface area (Å²) in [4.78, 5) is 0.267. The van der Waals surface area contributed by atoms with Crippen LogP contribution in [0.1, 0.15) is 17.5 Å². The number of sulfonamides is 1. The Bertz CT molecular complexity index is 755. The summed E-state index contributed by atoms with van der Waals surface area (Å²) >= 11 is 0. The summed E-state index contributed by atoms with van der Waals surface area (Å²) in [6.45, 7) is 2.10. The molecule has 2 aromatic carbocycles. The quantitative estimate of drug-likeness (QED) is 0.763. The standard InChI is InChI=1S/C17H21NO4S/c1-13-12-16(22-2)9-10-17(13)23(20,21)18-11-3-4-14-5-7-15(19)8-6-14/h5-10,12,18-19H,3-4,11H2,1-2H3. The maximum atomic E-state index is 12.3. The zero-order chi connectivity index (χ0) is 16.9. The van der Waals surface area contributed by atoms with Crippen molar-refractivity contribution in [1.82, 2.24) is 4.72 Å². The molecule has 0 atom stereocenters. The van der Waals surface area contributed by atoms with E-state index >= 15 is 0 Å². The van der Waals surface area contributed by atoms with Crippen LogP contribution < -0.4 is 9.46 Å². The Morgan fingerprint density at radius 2 is 1.83 bits per heavy atom. The van der Waals surface area contributed by atoms with Crippen molar-refractivity contribution in [2.24, 2.45) is 0 Å². The Balaban J connectivity index is 1.92. The van der Waals surface area contributed by atoms with Crippen molar-refractivity contribution >= 4 is 10.0 Å². The number of phenolic OH excluding ortho intramolecular Hbond substituents is 1. The molecule has 0 heterocycles. The molecule has 2 N–H and O–H groups in total. The molecule has 0 radical (unpaired) electrons. The van der Waals surface area contributed by atoms with Crippen molar-refractivity contribution < 1.29 is 18.3 Å². The first-order valence-corrected chi connectivity index (χ1v) is 8.83. The van der Waals surface area contributed by atoms with Crippen molar-refractivity contribution in [3.8, 4) is 11.5 Å². The molecular formula is C17H21NO4S. The second kappa shape index (κ2) is 7.48. The molecule has 0 aliphatic rings. The van der Waals surface area contributed by atoms with Crippen molar-refractivity contribution in [3.63, 3.8) is 0 Å². The molecular weight excluding hydrogens is 314 g/mol. The molecule has 0 bridgehead atoms. The monoisotopic (exact) mass is 335 g/mol. The zero-order valence-corrected chi connectivity index (χ0v) is 14.1. The van der Waals surface area contributed by atoms with Gasteiger partial charge in [-0.05, 0) is 61.2 Å². The van der Waals surface area contributed by atoms with Gasteiger partial charge >= 0.3 is 0 Å². The average Bonchev–Trinajstić information content (AvgIpc) is 2.53. The number of phenols is 1. The lowest BCUT2D eigenvalue weighted by atomic mass is 10.1. The maximum Gasteiger partial charge on any atom is 0.240 e. The molecule has 0 amide bonds. The molecule has 0 unspecified atom stereocenters. The molecule has 2 rings (SSSR count). The number of methoxy groups -OCH3 is 1. The molecule has 0 spiro atoms. The fourth-order valence-corrected chi connectivity index (χ4v) is 3.59. The van der Waals surface area contributed by atoms with Gasteiger partial charge in [-0.15, -0.1) is 0 Å². The van der Waals surface area contributed by atoms with E-state index in [9.17, 15) is 13.5 Å². The Labute approximate surface area is 137 Å². The topological polar surface area (TPSA) is 75.6 Å². The van der Waals surface area contributed by atoms with Gasteiger partial charge in [0.1, 0.15) is 11.5 Å². The van der Waals surface area contributed by atoms with Crippen LogP contribution >= 0.6 is 0 Å². The molecule has 124 valence electrons. The van der Waals surface area contributed by atoms with Crippen LogP contribution in [0.4, 0.5) is 0 Å². The first-order valence-electron chi connectivity index (χ1n) is 7.34. The van der Waals surface area contributed by atoms with E-state index < -0.39 is 10.0 Å². The number of hydrogen-bond donors (Lipinski definition) is 2. The van der Waals surface area contributed by atoms with Gasteiger partial charge in [0.05, 0.1) is 12.0 Å². The molecule has 5 nitrogen and oxygen atoms in total. The summed E-state index contributed by atoms with van der Waals surface area (Å²) in [5.41, 5.74) is 1.71. The number of hydrogen-bond acceptors (Lipinski definition) is 4. The highest BCUT2D eigenvalue weighted by Gasteiger charge is 2.16. The van der Waals surface area contributed by atoms with Gasteiger partial charge in [-0.1, -0.05) is 12.1 Å². The normalized spacial score (nSPS) is 11.4. The number of rotatable bonds is 7. The number of nitrogens with one attached hydrogen (secondary N) is 1. The summed E-state index contributed by atoms with van der Waals surface area (Å²) in [5, 5.41) is 9.22. The molecule has 23 heavy (non-hydrogen) atoms. The third kappa shape index (κ3) is 4.71. The van der Waals surface area contributed by atoms with Gasteiger partial charge in [0.15, 0.2) is 0 Å². The molecule has 0 aliphatic heterocycles. The number of aryl methyl sites for hydroxylation is 2. The third-order valence-corrected chi connectivity index (χ3v) is 5.16. The van der Waals surface area contributed by atoms with Crippen LogP contribution in [0.5, 0.6) is 11.5 Å². The lowest BCUT2D eigenvalue weighted by Crippen LogP contribution is -2.25. The van der Waals surface area contributed by atoms with Crippen LogP contribution in [-0.2, 0) is 16.4 Å². The summed E-state index contributed by atoms with van der Waals surface area (Å²) < 4.78 is 32.4. The highest BCUT2D eigenvalue weighted by Crippen LogP contribution is 2.20. The van der Waals surface area contributed by atoms with Gasteiger partial charge in [0.2, 0.25) is 10.0 Å². The predicted octanol–water partition coefficient (Wildman–Crippen LogP) is 2.62. The van der Waals surface area contributed by atoms with E-state index in [1.54, 1.807) is 44.4 Å². The molecule has 0 aromatic heterocycles. The molecule has 0 aliphatic carbocycles. The van der Waals surface area contributed by atoms with Gasteiger partial charge in [-0.2, -0.15) is 0 Å². The fourth-order valence-electron chi connectivity index (χ4n) is 2.29. The Kier molecular flexibility index (Phi) is 5.63. The molecule has 0 saturated carbocycles. The molecule has 0 fully saturated rings. The Morgan fingerprint density at radius 3 is 2.43 bits per heavy atom. The van der Waals surface area contributed by atoms with Gasteiger partial charge < -0.3 is 9.84 Å². The highest BCUT2D eigenvalue weighted by molar-refractivity contribution is 7.89. The van der Waals surface area contributed by atoms with Crippen LogP contribution in [0.25, 0.3) is 0 Å². The third-order valence-electron chi connectivity index (χ3n) is 3.54.